The molecular formula is C40H24O. The summed E-state index contributed by atoms with van der Waals surface area (Å²) >= 11 is 0. The van der Waals surface area contributed by atoms with Crippen LogP contribution in [0.25, 0.3) is 87.3 Å². The van der Waals surface area contributed by atoms with Crippen molar-refractivity contribution in [3.05, 3.63) is 146 Å². The predicted molar refractivity (Wildman–Crippen MR) is 175 cm³/mol. The second-order valence-corrected chi connectivity index (χ2v) is 10.8. The summed E-state index contributed by atoms with van der Waals surface area (Å²) in [7, 11) is 0. The van der Waals surface area contributed by atoms with Crippen LogP contribution in [0.4, 0.5) is 0 Å². The highest BCUT2D eigenvalue weighted by molar-refractivity contribution is 6.27. The summed E-state index contributed by atoms with van der Waals surface area (Å²) < 4.78 is 7.32. The highest BCUT2D eigenvalue weighted by Gasteiger charge is 2.19. The molecule has 190 valence electrons. The van der Waals surface area contributed by atoms with E-state index in [2.05, 4.69) is 146 Å². The van der Waals surface area contributed by atoms with Gasteiger partial charge in [-0.2, -0.15) is 0 Å². The molecule has 0 bridgehead atoms. The lowest BCUT2D eigenvalue weighted by Crippen LogP contribution is -1.85. The predicted octanol–water partition coefficient (Wildman–Crippen LogP) is 11.5. The van der Waals surface area contributed by atoms with Crippen LogP contribution in [0.5, 0.6) is 0 Å². The third-order valence-electron chi connectivity index (χ3n) is 8.65. The lowest BCUT2D eigenvalue weighted by Gasteiger charge is -2.12. The molecule has 0 N–H and O–H groups in total. The number of hydrogen-bond acceptors (Lipinski definition) is 1. The number of fused-ring (bicyclic) bond motifs is 3. The summed E-state index contributed by atoms with van der Waals surface area (Å²) in [5.74, 6) is 0. The van der Waals surface area contributed by atoms with Crippen LogP contribution in [0, 0.1) is 0 Å². The van der Waals surface area contributed by atoms with E-state index >= 15 is 0 Å². The maximum absolute atomic E-state index is 7.32. The summed E-state index contributed by atoms with van der Waals surface area (Å²) in [4.78, 5) is 0. The molecule has 0 amide bonds. The van der Waals surface area contributed by atoms with Gasteiger partial charge in [-0.3, -0.25) is 0 Å². The Morgan fingerprint density at radius 2 is 0.659 bits per heavy atom. The Kier molecular flexibility index (Phi) is 4.67. The van der Waals surface area contributed by atoms with Gasteiger partial charge < -0.3 is 4.42 Å². The minimum absolute atomic E-state index is 0.916. The highest BCUT2D eigenvalue weighted by atomic mass is 16.3. The fourth-order valence-electron chi connectivity index (χ4n) is 6.80. The van der Waals surface area contributed by atoms with Gasteiger partial charge in [-0.25, -0.2) is 0 Å². The van der Waals surface area contributed by atoms with Gasteiger partial charge in [-0.05, 0) is 66.3 Å². The van der Waals surface area contributed by atoms with Gasteiger partial charge >= 0.3 is 0 Å². The fraction of sp³-hybridized carbons (Fsp3) is 0. The first-order valence-electron chi connectivity index (χ1n) is 14.1. The smallest absolute Gasteiger partial charge is 0.143 e. The average Bonchev–Trinajstić information content (AvgIpc) is 3.18. The summed E-state index contributed by atoms with van der Waals surface area (Å²) in [5, 5.41) is 12.0. The largest absolute Gasteiger partial charge is 0.455 e. The van der Waals surface area contributed by atoms with Crippen molar-refractivity contribution in [2.45, 2.75) is 0 Å². The second-order valence-electron chi connectivity index (χ2n) is 10.8. The molecule has 0 atom stereocenters. The van der Waals surface area contributed by atoms with Crippen molar-refractivity contribution in [1.82, 2.24) is 0 Å². The van der Waals surface area contributed by atoms with E-state index in [0.717, 1.165) is 33.1 Å². The van der Waals surface area contributed by atoms with Crippen LogP contribution in [-0.2, 0) is 0 Å². The molecule has 1 heterocycles. The van der Waals surface area contributed by atoms with E-state index in [9.17, 15) is 0 Å². The van der Waals surface area contributed by atoms with Gasteiger partial charge in [0.15, 0.2) is 0 Å². The van der Waals surface area contributed by atoms with Crippen LogP contribution in [0.1, 0.15) is 0 Å². The lowest BCUT2D eigenvalue weighted by atomic mass is 9.92. The molecule has 0 saturated heterocycles. The van der Waals surface area contributed by atoms with Gasteiger partial charge in [0, 0.05) is 21.9 Å². The standard InChI is InChI=1S/C40H24O/c1-3-15-29-25(9-1)11-5-17-31(29)35-23-21-27-13-7-19-33-34-20-8-14-28-22-24-36(40(38(28)34)41-39(35)37(27)33)32-18-6-12-26-10-2-4-16-30(26)32/h1-24H. The van der Waals surface area contributed by atoms with Crippen LogP contribution in [0.15, 0.2) is 150 Å². The van der Waals surface area contributed by atoms with Crippen LogP contribution < -0.4 is 0 Å². The molecule has 41 heavy (non-hydrogen) atoms. The Balaban J connectivity index is 1.54. The van der Waals surface area contributed by atoms with Gasteiger partial charge in [0.2, 0.25) is 0 Å². The van der Waals surface area contributed by atoms with Gasteiger partial charge in [-0.15, -0.1) is 0 Å². The SMILES string of the molecule is c1ccc2c(-c3ccc4cccc5c6cccc7ccc(-c8cccc9ccccc89)c(oc3c45)c76)cccc2c1. The topological polar surface area (TPSA) is 13.1 Å². The highest BCUT2D eigenvalue weighted by Crippen LogP contribution is 2.44. The van der Waals surface area contributed by atoms with E-state index in [0.29, 0.717) is 0 Å². The number of rotatable bonds is 2. The Labute approximate surface area is 236 Å². The Bertz CT molecular complexity index is 2290. The Morgan fingerprint density at radius 3 is 1.17 bits per heavy atom. The third kappa shape index (κ3) is 3.24. The maximum Gasteiger partial charge on any atom is 0.143 e. The molecule has 0 aliphatic heterocycles. The van der Waals surface area contributed by atoms with Crippen LogP contribution in [0.3, 0.4) is 0 Å². The van der Waals surface area contributed by atoms with Crippen molar-refractivity contribution in [2.24, 2.45) is 0 Å². The first-order chi connectivity index (χ1) is 20.3. The minimum Gasteiger partial charge on any atom is -0.455 e. The van der Waals surface area contributed by atoms with E-state index in [4.69, 9.17) is 4.42 Å². The van der Waals surface area contributed by atoms with Crippen molar-refractivity contribution in [3.8, 4) is 22.3 Å². The maximum atomic E-state index is 7.32. The van der Waals surface area contributed by atoms with Gasteiger partial charge in [0.05, 0.1) is 0 Å². The normalized spacial score (nSPS) is 11.9. The molecule has 0 aliphatic rings. The minimum atomic E-state index is 0.916. The quantitative estimate of drug-likeness (QED) is 0.221. The van der Waals surface area contributed by atoms with E-state index in [1.165, 1.54) is 54.2 Å². The first kappa shape index (κ1) is 22.4. The van der Waals surface area contributed by atoms with Crippen LogP contribution in [0.2, 0.25) is 0 Å². The summed E-state index contributed by atoms with van der Waals surface area (Å²) in [5.41, 5.74) is 6.41. The molecule has 1 nitrogen and oxygen atoms in total. The van der Waals surface area contributed by atoms with E-state index in [1.54, 1.807) is 0 Å². The number of hydrogen-bond donors (Lipinski definition) is 0. The molecule has 1 heteroatoms. The molecular weight excluding hydrogens is 496 g/mol. The van der Waals surface area contributed by atoms with E-state index < -0.39 is 0 Å². The summed E-state index contributed by atoms with van der Waals surface area (Å²) in [6.45, 7) is 0. The van der Waals surface area contributed by atoms with Crippen molar-refractivity contribution < 1.29 is 4.42 Å². The van der Waals surface area contributed by atoms with Crippen molar-refractivity contribution in [2.75, 3.05) is 0 Å². The monoisotopic (exact) mass is 520 g/mol. The molecule has 0 radical (unpaired) electrons. The molecule has 9 rings (SSSR count). The van der Waals surface area contributed by atoms with E-state index in [1.807, 2.05) is 0 Å². The molecule has 0 spiro atoms. The summed E-state index contributed by atoms with van der Waals surface area (Å²) in [6, 6.07) is 52.5. The lowest BCUT2D eigenvalue weighted by molar-refractivity contribution is 0.666. The van der Waals surface area contributed by atoms with Gasteiger partial charge in [-0.1, -0.05) is 133 Å². The zero-order chi connectivity index (χ0) is 26.9. The van der Waals surface area contributed by atoms with Crippen LogP contribution in [-0.4, -0.2) is 0 Å². The molecule has 8 aromatic carbocycles. The average molecular weight is 521 g/mol. The van der Waals surface area contributed by atoms with Crippen molar-refractivity contribution in [3.63, 3.8) is 0 Å². The second kappa shape index (κ2) is 8.55. The van der Waals surface area contributed by atoms with Gasteiger partial charge in [0.25, 0.3) is 0 Å². The molecule has 0 aliphatic carbocycles. The molecule has 9 aromatic rings. The van der Waals surface area contributed by atoms with Crippen molar-refractivity contribution >= 4 is 65.0 Å². The first-order valence-corrected chi connectivity index (χ1v) is 14.1. The molecule has 0 saturated carbocycles. The van der Waals surface area contributed by atoms with Crippen LogP contribution >= 0.6 is 0 Å². The fourth-order valence-corrected chi connectivity index (χ4v) is 6.80. The van der Waals surface area contributed by atoms with Gasteiger partial charge in [0.1, 0.15) is 11.2 Å². The third-order valence-corrected chi connectivity index (χ3v) is 8.65. The van der Waals surface area contributed by atoms with E-state index in [-0.39, 0.29) is 0 Å². The molecule has 0 fully saturated rings. The Hall–Kier alpha value is -5.40. The number of benzene rings is 8. The Morgan fingerprint density at radius 1 is 0.268 bits per heavy atom. The molecule has 1 aromatic heterocycles. The zero-order valence-corrected chi connectivity index (χ0v) is 22.3. The molecule has 0 unspecified atom stereocenters. The summed E-state index contributed by atoms with van der Waals surface area (Å²) in [6.07, 6.45) is 0. The van der Waals surface area contributed by atoms with Crippen molar-refractivity contribution in [1.29, 1.82) is 0 Å². The zero-order valence-electron chi connectivity index (χ0n) is 22.3.